The summed E-state index contributed by atoms with van der Waals surface area (Å²) in [5, 5.41) is 11.8. The van der Waals surface area contributed by atoms with Crippen LogP contribution in [0, 0.1) is 5.41 Å². The summed E-state index contributed by atoms with van der Waals surface area (Å²) in [6.45, 7) is 4.77. The van der Waals surface area contributed by atoms with E-state index in [9.17, 15) is 0 Å². The second-order valence-corrected chi connectivity index (χ2v) is 6.34. The molecule has 1 aliphatic carbocycles. The number of oxime groups is 1. The summed E-state index contributed by atoms with van der Waals surface area (Å²) in [7, 11) is 1.78. The Kier molecular flexibility index (Phi) is 7.30. The van der Waals surface area contributed by atoms with E-state index in [2.05, 4.69) is 5.16 Å². The third-order valence-electron chi connectivity index (χ3n) is 4.26. The van der Waals surface area contributed by atoms with Crippen LogP contribution in [0.4, 0.5) is 0 Å². The van der Waals surface area contributed by atoms with Crippen LogP contribution in [0.25, 0.3) is 0 Å². The maximum Gasteiger partial charge on any atom is 0.144 e. The van der Waals surface area contributed by atoms with Gasteiger partial charge in [0, 0.05) is 19.1 Å². The van der Waals surface area contributed by atoms with E-state index in [1.165, 1.54) is 6.42 Å². The highest BCUT2D eigenvalue weighted by atomic mass is 16.5. The van der Waals surface area contributed by atoms with Gasteiger partial charge in [-0.25, -0.2) is 0 Å². The summed E-state index contributed by atoms with van der Waals surface area (Å²) in [6.07, 6.45) is 8.17. The first-order chi connectivity index (χ1) is 9.49. The lowest BCUT2D eigenvalue weighted by molar-refractivity contribution is -0.0304. The second kappa shape index (κ2) is 8.47. The summed E-state index contributed by atoms with van der Waals surface area (Å²) in [6, 6.07) is 0. The quantitative estimate of drug-likeness (QED) is 0.236. The Labute approximate surface area is 122 Å². The number of nitrogens with two attached hydrogens (primary N) is 1. The molecule has 0 aromatic carbocycles. The summed E-state index contributed by atoms with van der Waals surface area (Å²) in [5.41, 5.74) is 5.42. The van der Waals surface area contributed by atoms with Crippen LogP contribution < -0.4 is 5.73 Å². The van der Waals surface area contributed by atoms with Crippen molar-refractivity contribution in [3.8, 4) is 0 Å². The summed E-state index contributed by atoms with van der Waals surface area (Å²) in [5.74, 6) is 0.300. The standard InChI is InChI=1S/C15H30N2O3/c1-15(2,14(16)17-18)9-4-5-10-20-13-8-6-7-12(11-13)19-3/h12-13,18H,4-11H2,1-3H3,(H2,16,17). The molecule has 1 aliphatic rings. The minimum Gasteiger partial charge on any atom is -0.409 e. The highest BCUT2D eigenvalue weighted by Gasteiger charge is 2.24. The van der Waals surface area contributed by atoms with Crippen molar-refractivity contribution in [3.05, 3.63) is 0 Å². The van der Waals surface area contributed by atoms with Crippen LogP contribution in [0.2, 0.25) is 0 Å². The van der Waals surface area contributed by atoms with Crippen LogP contribution in [-0.2, 0) is 9.47 Å². The highest BCUT2D eigenvalue weighted by Crippen LogP contribution is 2.25. The third kappa shape index (κ3) is 5.67. The van der Waals surface area contributed by atoms with Gasteiger partial charge < -0.3 is 20.4 Å². The fraction of sp³-hybridized carbons (Fsp3) is 0.933. The Hall–Kier alpha value is -0.810. The van der Waals surface area contributed by atoms with Crippen molar-refractivity contribution in [2.75, 3.05) is 13.7 Å². The Balaban J connectivity index is 2.13. The molecule has 2 unspecified atom stereocenters. The predicted molar refractivity (Wildman–Crippen MR) is 80.0 cm³/mol. The van der Waals surface area contributed by atoms with Gasteiger partial charge in [0.25, 0.3) is 0 Å². The van der Waals surface area contributed by atoms with Crippen LogP contribution in [0.1, 0.15) is 58.8 Å². The molecule has 2 atom stereocenters. The molecule has 5 nitrogen and oxygen atoms in total. The lowest BCUT2D eigenvalue weighted by Crippen LogP contribution is -2.32. The minimum atomic E-state index is -0.249. The van der Waals surface area contributed by atoms with E-state index >= 15 is 0 Å². The maximum atomic E-state index is 8.72. The van der Waals surface area contributed by atoms with Gasteiger partial charge in [0.05, 0.1) is 12.2 Å². The van der Waals surface area contributed by atoms with Crippen molar-refractivity contribution >= 4 is 5.84 Å². The maximum absolute atomic E-state index is 8.72. The van der Waals surface area contributed by atoms with Crippen molar-refractivity contribution in [3.63, 3.8) is 0 Å². The van der Waals surface area contributed by atoms with E-state index in [0.29, 0.717) is 18.0 Å². The molecule has 3 N–H and O–H groups in total. The van der Waals surface area contributed by atoms with E-state index < -0.39 is 0 Å². The molecular formula is C15H30N2O3. The summed E-state index contributed by atoms with van der Waals surface area (Å²) < 4.78 is 11.3. The van der Waals surface area contributed by atoms with Gasteiger partial charge in [0.2, 0.25) is 0 Å². The number of methoxy groups -OCH3 is 1. The lowest BCUT2D eigenvalue weighted by atomic mass is 9.86. The fourth-order valence-electron chi connectivity index (χ4n) is 2.65. The molecule has 0 aromatic rings. The summed E-state index contributed by atoms with van der Waals surface area (Å²) >= 11 is 0. The van der Waals surface area contributed by atoms with Crippen LogP contribution in [0.15, 0.2) is 5.16 Å². The van der Waals surface area contributed by atoms with E-state index in [1.807, 2.05) is 13.8 Å². The first-order valence-electron chi connectivity index (χ1n) is 7.62. The van der Waals surface area contributed by atoms with Crippen molar-refractivity contribution in [1.29, 1.82) is 0 Å². The number of hydrogen-bond acceptors (Lipinski definition) is 4. The van der Waals surface area contributed by atoms with Gasteiger partial charge in [-0.1, -0.05) is 25.4 Å². The largest absolute Gasteiger partial charge is 0.409 e. The topological polar surface area (TPSA) is 77.1 Å². The van der Waals surface area contributed by atoms with Gasteiger partial charge in [0.15, 0.2) is 0 Å². The monoisotopic (exact) mass is 286 g/mol. The molecule has 5 heteroatoms. The van der Waals surface area contributed by atoms with E-state index in [0.717, 1.165) is 45.1 Å². The zero-order valence-electron chi connectivity index (χ0n) is 13.1. The molecule has 0 saturated heterocycles. The molecule has 1 fully saturated rings. The van der Waals surface area contributed by atoms with Gasteiger partial charge in [-0.15, -0.1) is 0 Å². The minimum absolute atomic E-state index is 0.249. The molecule has 0 aliphatic heterocycles. The number of nitrogens with zero attached hydrogens (tertiary/aromatic N) is 1. The molecule has 0 amide bonds. The average Bonchev–Trinajstić information content (AvgIpc) is 2.46. The van der Waals surface area contributed by atoms with E-state index in [-0.39, 0.29) is 5.41 Å². The molecule has 0 heterocycles. The third-order valence-corrected chi connectivity index (χ3v) is 4.26. The Morgan fingerprint density at radius 2 is 2.00 bits per heavy atom. The van der Waals surface area contributed by atoms with Crippen molar-refractivity contribution in [2.45, 2.75) is 71.0 Å². The Morgan fingerprint density at radius 3 is 2.65 bits per heavy atom. The Morgan fingerprint density at radius 1 is 1.30 bits per heavy atom. The van der Waals surface area contributed by atoms with Crippen molar-refractivity contribution < 1.29 is 14.7 Å². The number of amidine groups is 1. The number of hydrogen-bond donors (Lipinski definition) is 2. The molecule has 118 valence electrons. The van der Waals surface area contributed by atoms with Gasteiger partial charge in [0.1, 0.15) is 5.84 Å². The Bertz CT molecular complexity index is 305. The average molecular weight is 286 g/mol. The zero-order valence-corrected chi connectivity index (χ0v) is 13.1. The van der Waals surface area contributed by atoms with Gasteiger partial charge in [-0.3, -0.25) is 0 Å². The first-order valence-corrected chi connectivity index (χ1v) is 7.62. The molecular weight excluding hydrogens is 256 g/mol. The normalized spacial score (nSPS) is 24.9. The summed E-state index contributed by atoms with van der Waals surface area (Å²) in [4.78, 5) is 0. The molecule has 20 heavy (non-hydrogen) atoms. The van der Waals surface area contributed by atoms with E-state index in [4.69, 9.17) is 20.4 Å². The molecule has 0 bridgehead atoms. The fourth-order valence-corrected chi connectivity index (χ4v) is 2.65. The van der Waals surface area contributed by atoms with Crippen molar-refractivity contribution in [2.24, 2.45) is 16.3 Å². The van der Waals surface area contributed by atoms with Gasteiger partial charge in [-0.2, -0.15) is 0 Å². The number of rotatable bonds is 8. The van der Waals surface area contributed by atoms with Gasteiger partial charge in [-0.05, 0) is 38.5 Å². The molecule has 0 aromatic heterocycles. The van der Waals surface area contributed by atoms with E-state index in [1.54, 1.807) is 7.11 Å². The van der Waals surface area contributed by atoms with Crippen molar-refractivity contribution in [1.82, 2.24) is 0 Å². The zero-order chi connectivity index (χ0) is 15.0. The smallest absolute Gasteiger partial charge is 0.144 e. The molecule has 0 spiro atoms. The molecule has 1 rings (SSSR count). The van der Waals surface area contributed by atoms with Crippen LogP contribution in [0.3, 0.4) is 0 Å². The van der Waals surface area contributed by atoms with Crippen LogP contribution in [-0.4, -0.2) is 37.0 Å². The van der Waals surface area contributed by atoms with Gasteiger partial charge >= 0.3 is 0 Å². The lowest BCUT2D eigenvalue weighted by Gasteiger charge is -2.28. The number of unbranched alkanes of at least 4 members (excludes halogenated alkanes) is 1. The van der Waals surface area contributed by atoms with Crippen LogP contribution in [0.5, 0.6) is 0 Å². The molecule has 1 saturated carbocycles. The second-order valence-electron chi connectivity index (χ2n) is 6.34. The SMILES string of the molecule is COC1CCCC(OCCCCC(C)(C)C(N)=NO)C1. The first kappa shape index (κ1) is 17.2. The highest BCUT2D eigenvalue weighted by molar-refractivity contribution is 5.85. The predicted octanol–water partition coefficient (Wildman–Crippen LogP) is 2.90. The number of ether oxygens (including phenoxy) is 2. The molecule has 0 radical (unpaired) electrons. The van der Waals surface area contributed by atoms with Crippen LogP contribution >= 0.6 is 0 Å².